The molecule has 0 amide bonds. The summed E-state index contributed by atoms with van der Waals surface area (Å²) in [6, 6.07) is 9.56. The third-order valence-corrected chi connectivity index (χ3v) is 4.92. The summed E-state index contributed by atoms with van der Waals surface area (Å²) in [5, 5.41) is 8.93. The Morgan fingerprint density at radius 1 is 1.33 bits per heavy atom. The van der Waals surface area contributed by atoms with Gasteiger partial charge in [0.25, 0.3) is 0 Å². The van der Waals surface area contributed by atoms with Crippen molar-refractivity contribution in [2.75, 3.05) is 30.3 Å². The van der Waals surface area contributed by atoms with E-state index < -0.39 is 0 Å². The topological polar surface area (TPSA) is 56.3 Å². The van der Waals surface area contributed by atoms with Crippen molar-refractivity contribution in [2.45, 2.75) is 44.7 Å². The summed E-state index contributed by atoms with van der Waals surface area (Å²) >= 11 is 0. The van der Waals surface area contributed by atoms with E-state index in [1.165, 1.54) is 31.5 Å². The molecule has 2 fully saturated rings. The van der Waals surface area contributed by atoms with E-state index in [4.69, 9.17) is 11.0 Å². The number of fused-ring (bicyclic) bond motifs is 1. The zero-order valence-electron chi connectivity index (χ0n) is 12.8. The van der Waals surface area contributed by atoms with Gasteiger partial charge in [0, 0.05) is 36.5 Å². The number of anilines is 2. The average Bonchev–Trinajstić information content (AvgIpc) is 2.49. The summed E-state index contributed by atoms with van der Waals surface area (Å²) in [5.74, 6) is 0. The van der Waals surface area contributed by atoms with Gasteiger partial charge in [-0.05, 0) is 50.1 Å². The van der Waals surface area contributed by atoms with Crippen LogP contribution in [0.5, 0.6) is 0 Å². The van der Waals surface area contributed by atoms with E-state index in [1.807, 2.05) is 6.07 Å². The number of benzene rings is 1. The van der Waals surface area contributed by atoms with Crippen LogP contribution in [0.25, 0.3) is 0 Å². The number of nitrogens with two attached hydrogens (primary N) is 1. The van der Waals surface area contributed by atoms with Crippen LogP contribution in [0.2, 0.25) is 0 Å². The Labute approximate surface area is 127 Å². The molecule has 2 atom stereocenters. The van der Waals surface area contributed by atoms with Crippen LogP contribution in [-0.2, 0) is 6.42 Å². The molecule has 1 aromatic rings. The second-order valence-corrected chi connectivity index (χ2v) is 6.36. The SMILES string of the molecule is CC1CN2CCCCC2CN1c1ccc(N)c(CC#N)c1. The highest BCUT2D eigenvalue weighted by Crippen LogP contribution is 2.30. The highest BCUT2D eigenvalue weighted by atomic mass is 15.3. The number of rotatable bonds is 2. The first kappa shape index (κ1) is 14.2. The van der Waals surface area contributed by atoms with Crippen LogP contribution in [0.4, 0.5) is 11.4 Å². The van der Waals surface area contributed by atoms with Crippen LogP contribution in [0, 0.1) is 11.3 Å². The lowest BCUT2D eigenvalue weighted by Gasteiger charge is -2.48. The predicted octanol–water partition coefficient (Wildman–Crippen LogP) is 2.40. The Morgan fingerprint density at radius 3 is 3.00 bits per heavy atom. The van der Waals surface area contributed by atoms with Gasteiger partial charge in [0.1, 0.15) is 0 Å². The Balaban J connectivity index is 1.82. The van der Waals surface area contributed by atoms with E-state index >= 15 is 0 Å². The average molecular weight is 284 g/mol. The normalized spacial score (nSPS) is 26.2. The monoisotopic (exact) mass is 284 g/mol. The van der Waals surface area contributed by atoms with Crippen molar-refractivity contribution in [3.05, 3.63) is 23.8 Å². The summed E-state index contributed by atoms with van der Waals surface area (Å²) in [5.41, 5.74) is 8.86. The maximum atomic E-state index is 8.93. The second kappa shape index (κ2) is 5.95. The maximum Gasteiger partial charge on any atom is 0.0670 e. The van der Waals surface area contributed by atoms with Crippen molar-refractivity contribution in [3.8, 4) is 6.07 Å². The molecule has 0 spiro atoms. The van der Waals surface area contributed by atoms with E-state index in [0.29, 0.717) is 18.5 Å². The Kier molecular flexibility index (Phi) is 4.03. The molecule has 3 rings (SSSR count). The van der Waals surface area contributed by atoms with Crippen LogP contribution in [0.15, 0.2) is 18.2 Å². The first-order valence-corrected chi connectivity index (χ1v) is 7.95. The Morgan fingerprint density at radius 2 is 2.19 bits per heavy atom. The van der Waals surface area contributed by atoms with E-state index in [9.17, 15) is 0 Å². The van der Waals surface area contributed by atoms with Gasteiger partial charge in [0.15, 0.2) is 0 Å². The minimum absolute atomic E-state index is 0.386. The number of hydrogen-bond donors (Lipinski definition) is 1. The maximum absolute atomic E-state index is 8.93. The number of nitriles is 1. The third-order valence-electron chi connectivity index (χ3n) is 4.92. The van der Waals surface area contributed by atoms with Gasteiger partial charge in [0.05, 0.1) is 12.5 Å². The molecule has 0 saturated carbocycles. The summed E-state index contributed by atoms with van der Waals surface area (Å²) < 4.78 is 0. The van der Waals surface area contributed by atoms with E-state index in [1.54, 1.807) is 0 Å². The van der Waals surface area contributed by atoms with Crippen molar-refractivity contribution >= 4 is 11.4 Å². The van der Waals surface area contributed by atoms with Crippen LogP contribution < -0.4 is 10.6 Å². The van der Waals surface area contributed by atoms with Crippen LogP contribution in [0.3, 0.4) is 0 Å². The Hall–Kier alpha value is -1.73. The van der Waals surface area contributed by atoms with Crippen LogP contribution in [-0.4, -0.2) is 36.6 Å². The van der Waals surface area contributed by atoms with Gasteiger partial charge in [0.2, 0.25) is 0 Å². The highest BCUT2D eigenvalue weighted by Gasteiger charge is 2.33. The van der Waals surface area contributed by atoms with Crippen LogP contribution >= 0.6 is 0 Å². The minimum Gasteiger partial charge on any atom is -0.398 e. The summed E-state index contributed by atoms with van der Waals surface area (Å²) in [6.07, 6.45) is 4.39. The fourth-order valence-corrected chi connectivity index (χ4v) is 3.72. The minimum atomic E-state index is 0.386. The molecule has 0 bridgehead atoms. The van der Waals surface area contributed by atoms with E-state index in [-0.39, 0.29) is 0 Å². The number of nitrogen functional groups attached to an aromatic ring is 1. The van der Waals surface area contributed by atoms with Gasteiger partial charge in [-0.3, -0.25) is 4.90 Å². The molecule has 2 N–H and O–H groups in total. The molecular formula is C17H24N4. The zero-order valence-corrected chi connectivity index (χ0v) is 12.8. The third kappa shape index (κ3) is 2.84. The number of piperazine rings is 1. The molecule has 0 aromatic heterocycles. The van der Waals surface area contributed by atoms with Gasteiger partial charge in [-0.2, -0.15) is 5.26 Å². The first-order valence-electron chi connectivity index (χ1n) is 7.95. The summed E-state index contributed by atoms with van der Waals surface area (Å²) in [6.45, 7) is 5.79. The van der Waals surface area contributed by atoms with Crippen molar-refractivity contribution in [1.29, 1.82) is 5.26 Å². The molecule has 21 heavy (non-hydrogen) atoms. The lowest BCUT2D eigenvalue weighted by atomic mass is 9.96. The molecule has 2 unspecified atom stereocenters. The Bertz CT molecular complexity index is 548. The zero-order chi connectivity index (χ0) is 14.8. The lowest BCUT2D eigenvalue weighted by molar-refractivity contribution is 0.115. The van der Waals surface area contributed by atoms with Gasteiger partial charge < -0.3 is 10.6 Å². The van der Waals surface area contributed by atoms with Crippen molar-refractivity contribution in [1.82, 2.24) is 4.90 Å². The fraction of sp³-hybridized carbons (Fsp3) is 0.588. The fourth-order valence-electron chi connectivity index (χ4n) is 3.72. The number of hydrogen-bond acceptors (Lipinski definition) is 4. The largest absolute Gasteiger partial charge is 0.398 e. The molecule has 4 nitrogen and oxygen atoms in total. The van der Waals surface area contributed by atoms with Crippen molar-refractivity contribution < 1.29 is 0 Å². The highest BCUT2D eigenvalue weighted by molar-refractivity contribution is 5.60. The van der Waals surface area contributed by atoms with Crippen molar-refractivity contribution in [2.24, 2.45) is 0 Å². The first-order chi connectivity index (χ1) is 10.2. The van der Waals surface area contributed by atoms with Gasteiger partial charge in [-0.15, -0.1) is 0 Å². The number of nitrogens with zero attached hydrogens (tertiary/aromatic N) is 3. The molecule has 2 heterocycles. The summed E-state index contributed by atoms with van der Waals surface area (Å²) in [4.78, 5) is 5.14. The molecule has 0 radical (unpaired) electrons. The molecular weight excluding hydrogens is 260 g/mol. The van der Waals surface area contributed by atoms with E-state index in [0.717, 1.165) is 24.3 Å². The standard InChI is InChI=1S/C17H24N4/c1-13-11-20-9-3-2-4-16(20)12-21(13)15-5-6-17(19)14(10-15)7-8-18/h5-6,10,13,16H,2-4,7,9,11-12,19H2,1H3. The van der Waals surface area contributed by atoms with Gasteiger partial charge in [-0.25, -0.2) is 0 Å². The predicted molar refractivity (Wildman–Crippen MR) is 86.2 cm³/mol. The molecule has 0 aliphatic carbocycles. The molecule has 2 aliphatic heterocycles. The van der Waals surface area contributed by atoms with Crippen molar-refractivity contribution in [3.63, 3.8) is 0 Å². The smallest absolute Gasteiger partial charge is 0.0670 e. The second-order valence-electron chi connectivity index (χ2n) is 6.36. The molecule has 2 saturated heterocycles. The lowest BCUT2D eigenvalue weighted by Crippen LogP contribution is -2.58. The molecule has 112 valence electrons. The number of piperidine rings is 1. The molecule has 4 heteroatoms. The summed E-state index contributed by atoms with van der Waals surface area (Å²) in [7, 11) is 0. The quantitative estimate of drug-likeness (QED) is 0.847. The molecule has 1 aromatic carbocycles. The van der Waals surface area contributed by atoms with E-state index in [2.05, 4.69) is 34.9 Å². The van der Waals surface area contributed by atoms with Crippen LogP contribution in [0.1, 0.15) is 31.7 Å². The van der Waals surface area contributed by atoms with Gasteiger partial charge >= 0.3 is 0 Å². The molecule has 2 aliphatic rings. The van der Waals surface area contributed by atoms with Gasteiger partial charge in [-0.1, -0.05) is 6.42 Å².